The van der Waals surface area contributed by atoms with Crippen molar-refractivity contribution < 1.29 is 9.59 Å². The molecule has 1 saturated carbocycles. The molecule has 0 saturated heterocycles. The number of carbonyl (C=O) groups is 2. The van der Waals surface area contributed by atoms with Gasteiger partial charge in [-0.05, 0) is 37.1 Å². The number of amides is 2. The van der Waals surface area contributed by atoms with E-state index in [1.54, 1.807) is 24.3 Å². The average Bonchev–Trinajstić information content (AvgIpc) is 3.52. The van der Waals surface area contributed by atoms with Gasteiger partial charge in [0.1, 0.15) is 0 Å². The van der Waals surface area contributed by atoms with Gasteiger partial charge in [0.05, 0.1) is 0 Å². The molecule has 1 aliphatic heterocycles. The molecule has 148 valence electrons. The van der Waals surface area contributed by atoms with E-state index < -0.39 is 0 Å². The van der Waals surface area contributed by atoms with Gasteiger partial charge in [-0.25, -0.2) is 0 Å². The molecular weight excluding hydrogens is 352 g/mol. The number of hydrogen-bond acceptors (Lipinski definition) is 4. The van der Waals surface area contributed by atoms with Crippen LogP contribution in [0.5, 0.6) is 0 Å². The minimum absolute atomic E-state index is 0.0197. The maximum atomic E-state index is 12.7. The highest BCUT2D eigenvalue weighted by Gasteiger charge is 2.38. The molecule has 0 radical (unpaired) electrons. The smallest absolute Gasteiger partial charge is 0.253 e. The fraction of sp³-hybridized carbons (Fsp3) is 0.545. The van der Waals surface area contributed by atoms with E-state index in [-0.39, 0.29) is 17.5 Å². The fourth-order valence-corrected chi connectivity index (χ4v) is 3.75. The molecule has 28 heavy (non-hydrogen) atoms. The van der Waals surface area contributed by atoms with Crippen molar-refractivity contribution in [1.29, 1.82) is 0 Å². The molecule has 1 fully saturated rings. The van der Waals surface area contributed by atoms with Crippen LogP contribution in [0, 0.1) is 12.3 Å². The second-order valence-electron chi connectivity index (χ2n) is 7.68. The molecule has 1 aromatic rings. The van der Waals surface area contributed by atoms with Crippen LogP contribution in [0.3, 0.4) is 0 Å². The van der Waals surface area contributed by atoms with E-state index >= 15 is 0 Å². The largest absolute Gasteiger partial charge is 0.352 e. The maximum absolute atomic E-state index is 12.7. The van der Waals surface area contributed by atoms with Gasteiger partial charge in [-0.2, -0.15) is 10.2 Å². The summed E-state index contributed by atoms with van der Waals surface area (Å²) in [6.45, 7) is 0.488. The lowest BCUT2D eigenvalue weighted by Crippen LogP contribution is -2.38. The zero-order valence-corrected chi connectivity index (χ0v) is 16.5. The van der Waals surface area contributed by atoms with E-state index in [1.165, 1.54) is 19.3 Å². The molecule has 1 aliphatic carbocycles. The summed E-state index contributed by atoms with van der Waals surface area (Å²) in [4.78, 5) is 26.9. The van der Waals surface area contributed by atoms with E-state index in [9.17, 15) is 9.59 Å². The molecule has 1 N–H and O–H groups in total. The van der Waals surface area contributed by atoms with Gasteiger partial charge >= 0.3 is 0 Å². The lowest BCUT2D eigenvalue weighted by Gasteiger charge is -2.31. The minimum Gasteiger partial charge on any atom is -0.352 e. The summed E-state index contributed by atoms with van der Waals surface area (Å²) < 4.78 is 0. The van der Waals surface area contributed by atoms with Gasteiger partial charge in [0.25, 0.3) is 11.8 Å². The molecule has 3 rings (SSSR count). The predicted octanol–water partition coefficient (Wildman–Crippen LogP) is 3.79. The Kier molecular flexibility index (Phi) is 6.45. The van der Waals surface area contributed by atoms with Gasteiger partial charge in [0.2, 0.25) is 0 Å². The zero-order valence-electron chi connectivity index (χ0n) is 16.5. The summed E-state index contributed by atoms with van der Waals surface area (Å²) in [5.74, 6) is 2.45. The molecule has 1 heterocycles. The number of terminal acetylenes is 1. The molecule has 0 spiro atoms. The van der Waals surface area contributed by atoms with Crippen LogP contribution in [0.1, 0.15) is 72.1 Å². The number of nitrogens with zero attached hydrogens (tertiary/aromatic N) is 3. The molecule has 0 aromatic heterocycles. The highest BCUT2D eigenvalue weighted by atomic mass is 16.2. The fourth-order valence-electron chi connectivity index (χ4n) is 3.75. The van der Waals surface area contributed by atoms with Crippen LogP contribution < -0.4 is 5.32 Å². The van der Waals surface area contributed by atoms with Gasteiger partial charge in [-0.3, -0.25) is 9.59 Å². The van der Waals surface area contributed by atoms with Crippen molar-refractivity contribution >= 4 is 11.8 Å². The van der Waals surface area contributed by atoms with Crippen LogP contribution in [-0.4, -0.2) is 42.0 Å². The van der Waals surface area contributed by atoms with Crippen molar-refractivity contribution in [2.75, 3.05) is 13.6 Å². The molecule has 0 atom stereocenters. The van der Waals surface area contributed by atoms with Crippen molar-refractivity contribution in [1.82, 2.24) is 10.2 Å². The first-order valence-electron chi connectivity index (χ1n) is 10.1. The monoisotopic (exact) mass is 380 g/mol. The Labute approximate surface area is 166 Å². The first-order valence-corrected chi connectivity index (χ1v) is 10.1. The summed E-state index contributed by atoms with van der Waals surface area (Å²) in [6.07, 6.45) is 13.1. The number of rotatable bonds is 8. The van der Waals surface area contributed by atoms with Crippen molar-refractivity contribution in [3.63, 3.8) is 0 Å². The minimum atomic E-state index is -0.389. The summed E-state index contributed by atoms with van der Waals surface area (Å²) >= 11 is 0. The highest BCUT2D eigenvalue weighted by Crippen LogP contribution is 2.36. The summed E-state index contributed by atoms with van der Waals surface area (Å²) in [6, 6.07) is 7.20. The molecule has 1 aromatic carbocycles. The van der Waals surface area contributed by atoms with Gasteiger partial charge in [-0.1, -0.05) is 19.3 Å². The molecule has 0 bridgehead atoms. The van der Waals surface area contributed by atoms with Crippen LogP contribution in [0.25, 0.3) is 0 Å². The van der Waals surface area contributed by atoms with Gasteiger partial charge in [0, 0.05) is 50.0 Å². The number of benzene rings is 1. The topological polar surface area (TPSA) is 74.1 Å². The Morgan fingerprint density at radius 1 is 1.14 bits per heavy atom. The van der Waals surface area contributed by atoms with E-state index in [1.807, 2.05) is 11.9 Å². The van der Waals surface area contributed by atoms with Crippen LogP contribution >= 0.6 is 0 Å². The van der Waals surface area contributed by atoms with Crippen LogP contribution in [0.2, 0.25) is 0 Å². The van der Waals surface area contributed by atoms with Crippen molar-refractivity contribution in [2.45, 2.75) is 63.1 Å². The second kappa shape index (κ2) is 9.01. The van der Waals surface area contributed by atoms with Crippen LogP contribution in [0.4, 0.5) is 0 Å². The van der Waals surface area contributed by atoms with Crippen LogP contribution in [-0.2, 0) is 0 Å². The summed E-state index contributed by atoms with van der Waals surface area (Å²) in [7, 11) is 1.88. The average molecular weight is 380 g/mol. The van der Waals surface area contributed by atoms with E-state index in [4.69, 9.17) is 6.42 Å². The molecule has 6 heteroatoms. The standard InChI is InChI=1S/C22H28N4O2/c1-3-4-14-22(24-25-22)15-16-23-20(27)17-10-12-18(13-11-17)21(28)26(2)19-8-6-5-7-9-19/h1,10-13,19H,4-9,14-16H2,2H3,(H,23,27). The number of carbonyl (C=O) groups excluding carboxylic acids is 2. The SMILES string of the molecule is C#CCCC1(CCNC(=O)c2ccc(C(=O)N(C)C3CCCCC3)cc2)N=N1. The third kappa shape index (κ3) is 4.98. The van der Waals surface area contributed by atoms with Gasteiger partial charge in [-0.15, -0.1) is 12.3 Å². The Morgan fingerprint density at radius 3 is 2.39 bits per heavy atom. The molecular formula is C22H28N4O2. The van der Waals surface area contributed by atoms with E-state index in [0.29, 0.717) is 36.6 Å². The van der Waals surface area contributed by atoms with Crippen molar-refractivity contribution in [3.8, 4) is 12.3 Å². The number of hydrogen-bond donors (Lipinski definition) is 1. The van der Waals surface area contributed by atoms with Gasteiger partial charge < -0.3 is 10.2 Å². The van der Waals surface area contributed by atoms with Gasteiger partial charge in [0.15, 0.2) is 5.66 Å². The second-order valence-corrected chi connectivity index (χ2v) is 7.68. The maximum Gasteiger partial charge on any atom is 0.253 e. The normalized spacial score (nSPS) is 17.6. The Morgan fingerprint density at radius 2 is 1.79 bits per heavy atom. The Hall–Kier alpha value is -2.68. The lowest BCUT2D eigenvalue weighted by atomic mass is 9.94. The number of nitrogens with one attached hydrogen (secondary N) is 1. The quantitative estimate of drug-likeness (QED) is 0.697. The third-order valence-electron chi connectivity index (χ3n) is 5.70. The predicted molar refractivity (Wildman–Crippen MR) is 108 cm³/mol. The highest BCUT2D eigenvalue weighted by molar-refractivity contribution is 5.97. The van der Waals surface area contributed by atoms with Crippen LogP contribution in [0.15, 0.2) is 34.5 Å². The molecule has 0 unspecified atom stereocenters. The third-order valence-corrected chi connectivity index (χ3v) is 5.70. The summed E-state index contributed by atoms with van der Waals surface area (Å²) in [5.41, 5.74) is 0.771. The van der Waals surface area contributed by atoms with E-state index in [0.717, 1.165) is 19.3 Å². The molecule has 6 nitrogen and oxygen atoms in total. The Balaban J connectivity index is 1.48. The molecule has 2 amide bonds. The zero-order chi connectivity index (χ0) is 20.0. The van der Waals surface area contributed by atoms with E-state index in [2.05, 4.69) is 21.5 Å². The lowest BCUT2D eigenvalue weighted by molar-refractivity contribution is 0.0695. The summed E-state index contributed by atoms with van der Waals surface area (Å²) in [5, 5.41) is 11.0. The first kappa shape index (κ1) is 20.1. The first-order chi connectivity index (χ1) is 13.5. The Bertz CT molecular complexity index is 767. The van der Waals surface area contributed by atoms with Crippen molar-refractivity contribution in [3.05, 3.63) is 35.4 Å². The van der Waals surface area contributed by atoms with Crippen molar-refractivity contribution in [2.24, 2.45) is 10.2 Å². The molecule has 2 aliphatic rings.